The minimum Gasteiger partial charge on any atom is -0.362 e. The summed E-state index contributed by atoms with van der Waals surface area (Å²) in [5, 5.41) is 7.50. The second-order valence-electron chi connectivity index (χ2n) is 7.97. The van der Waals surface area contributed by atoms with Gasteiger partial charge in [-0.05, 0) is 56.9 Å². The van der Waals surface area contributed by atoms with E-state index in [0.29, 0.717) is 17.6 Å². The van der Waals surface area contributed by atoms with Crippen LogP contribution in [-0.4, -0.2) is 52.8 Å². The quantitative estimate of drug-likeness (QED) is 0.562. The number of hydrogen-bond acceptors (Lipinski definition) is 7. The Balaban J connectivity index is 0.00000341. The highest BCUT2D eigenvalue weighted by atomic mass is 35.5. The summed E-state index contributed by atoms with van der Waals surface area (Å²) in [6, 6.07) is 4.21. The first-order chi connectivity index (χ1) is 14.5. The minimum atomic E-state index is -0.0180. The topological polar surface area (TPSA) is 83.0 Å². The van der Waals surface area contributed by atoms with Crippen molar-refractivity contribution in [3.05, 3.63) is 35.7 Å². The molecule has 0 bridgehead atoms. The molecule has 2 N–H and O–H groups in total. The van der Waals surface area contributed by atoms with Crippen LogP contribution in [0.4, 0.5) is 11.8 Å². The third kappa shape index (κ3) is 6.97. The van der Waals surface area contributed by atoms with Crippen LogP contribution in [-0.2, 0) is 0 Å². The predicted molar refractivity (Wildman–Crippen MR) is 131 cm³/mol. The summed E-state index contributed by atoms with van der Waals surface area (Å²) in [5.41, 5.74) is 1.74. The largest absolute Gasteiger partial charge is 0.362 e. The molecule has 2 heterocycles. The summed E-state index contributed by atoms with van der Waals surface area (Å²) in [6.45, 7) is 4.15. The Morgan fingerprint density at radius 2 is 1.90 bits per heavy atom. The molecule has 1 amide bonds. The predicted octanol–water partition coefficient (Wildman–Crippen LogP) is 4.32. The molecule has 1 fully saturated rings. The second kappa shape index (κ2) is 12.1. The van der Waals surface area contributed by atoms with E-state index < -0.39 is 0 Å². The van der Waals surface area contributed by atoms with Gasteiger partial charge in [-0.2, -0.15) is 4.98 Å². The Kier molecular flexibility index (Phi) is 9.84. The van der Waals surface area contributed by atoms with Crippen LogP contribution in [0.1, 0.15) is 54.9 Å². The van der Waals surface area contributed by atoms with E-state index in [0.717, 1.165) is 54.3 Å². The van der Waals surface area contributed by atoms with Crippen molar-refractivity contribution >= 4 is 41.8 Å². The third-order valence-electron chi connectivity index (χ3n) is 5.22. The Bertz CT molecular complexity index is 858. The number of halogens is 1. The van der Waals surface area contributed by atoms with Crippen molar-refractivity contribution in [1.82, 2.24) is 20.3 Å². The van der Waals surface area contributed by atoms with Crippen LogP contribution in [0.5, 0.6) is 0 Å². The highest BCUT2D eigenvalue weighted by Crippen LogP contribution is 2.24. The number of hydrogen-bond donors (Lipinski definition) is 2. The van der Waals surface area contributed by atoms with Gasteiger partial charge in [0.2, 0.25) is 5.95 Å². The minimum absolute atomic E-state index is 0. The number of nitrogens with one attached hydrogen (secondary N) is 2. The normalized spacial score (nSPS) is 18.1. The Hall–Kier alpha value is -2.06. The van der Waals surface area contributed by atoms with E-state index in [1.807, 2.05) is 44.2 Å². The molecule has 0 saturated heterocycles. The van der Waals surface area contributed by atoms with E-state index >= 15 is 0 Å². The van der Waals surface area contributed by atoms with E-state index in [9.17, 15) is 4.79 Å². The lowest BCUT2D eigenvalue weighted by Gasteiger charge is -2.30. The van der Waals surface area contributed by atoms with E-state index in [4.69, 9.17) is 0 Å². The Morgan fingerprint density at radius 3 is 2.58 bits per heavy atom. The lowest BCUT2D eigenvalue weighted by Crippen LogP contribution is -2.40. The molecule has 0 unspecified atom stereocenters. The molecule has 0 aromatic carbocycles. The number of carbonyl (C=O) groups is 1. The van der Waals surface area contributed by atoms with Crippen LogP contribution < -0.4 is 15.5 Å². The summed E-state index contributed by atoms with van der Waals surface area (Å²) in [7, 11) is 3.98. The molecule has 2 aromatic rings. The number of nitrogens with zero attached hydrogens (tertiary/aromatic N) is 4. The van der Waals surface area contributed by atoms with Crippen LogP contribution in [0, 0.1) is 6.92 Å². The van der Waals surface area contributed by atoms with Crippen LogP contribution >= 0.6 is 24.2 Å². The van der Waals surface area contributed by atoms with Gasteiger partial charge in [-0.1, -0.05) is 6.92 Å². The molecule has 170 valence electrons. The molecule has 0 aliphatic heterocycles. The third-order valence-corrected chi connectivity index (χ3v) is 6.43. The van der Waals surface area contributed by atoms with Crippen LogP contribution in [0.25, 0.3) is 0 Å². The lowest BCUT2D eigenvalue weighted by atomic mass is 9.91. The standard InChI is InChI=1S/C22H32N6OS.ClH/c1-5-13-30-21-18(7-6-12-23-21)20(29)25-16-8-10-17(11-9-16)26-22-24-14-15(2)19(27-22)28(3)4;/h6-7,12,14,16-17H,5,8-11,13H2,1-4H3,(H,25,29)(H,24,26,27);1H. The fraction of sp³-hybridized carbons (Fsp3) is 0.545. The number of thioether (sulfide) groups is 1. The Labute approximate surface area is 195 Å². The smallest absolute Gasteiger partial charge is 0.254 e. The molecule has 7 nitrogen and oxygen atoms in total. The van der Waals surface area contributed by atoms with Gasteiger partial charge in [-0.25, -0.2) is 9.97 Å². The molecular weight excluding hydrogens is 432 g/mol. The van der Waals surface area contributed by atoms with Gasteiger partial charge in [0.1, 0.15) is 10.8 Å². The van der Waals surface area contributed by atoms with E-state index in [1.165, 1.54) is 0 Å². The molecule has 0 spiro atoms. The highest BCUT2D eigenvalue weighted by molar-refractivity contribution is 7.99. The molecule has 9 heteroatoms. The van der Waals surface area contributed by atoms with Gasteiger partial charge in [0.25, 0.3) is 5.91 Å². The molecule has 31 heavy (non-hydrogen) atoms. The number of aromatic nitrogens is 3. The van der Waals surface area contributed by atoms with Gasteiger partial charge in [0, 0.05) is 44.1 Å². The van der Waals surface area contributed by atoms with Crippen molar-refractivity contribution in [3.63, 3.8) is 0 Å². The van der Waals surface area contributed by atoms with Crippen molar-refractivity contribution < 1.29 is 4.79 Å². The summed E-state index contributed by atoms with van der Waals surface area (Å²) in [5.74, 6) is 2.55. The summed E-state index contributed by atoms with van der Waals surface area (Å²) in [4.78, 5) is 28.2. The molecule has 1 saturated carbocycles. The number of pyridine rings is 1. The van der Waals surface area contributed by atoms with Gasteiger partial charge < -0.3 is 15.5 Å². The molecule has 1 aliphatic carbocycles. The SMILES string of the molecule is CCCSc1ncccc1C(=O)NC1CCC(Nc2ncc(C)c(N(C)C)n2)CC1.Cl. The number of aryl methyl sites for hydroxylation is 1. The van der Waals surface area contributed by atoms with Crippen molar-refractivity contribution in [2.24, 2.45) is 0 Å². The first kappa shape index (κ1) is 25.2. The molecule has 1 aliphatic rings. The fourth-order valence-electron chi connectivity index (χ4n) is 3.66. The van der Waals surface area contributed by atoms with Crippen LogP contribution in [0.3, 0.4) is 0 Å². The number of carbonyl (C=O) groups excluding carboxylic acids is 1. The van der Waals surface area contributed by atoms with Gasteiger partial charge in [-0.3, -0.25) is 4.79 Å². The van der Waals surface area contributed by atoms with Crippen molar-refractivity contribution in [2.75, 3.05) is 30.1 Å². The first-order valence-electron chi connectivity index (χ1n) is 10.6. The average molecular weight is 465 g/mol. The maximum Gasteiger partial charge on any atom is 0.254 e. The van der Waals surface area contributed by atoms with Crippen LogP contribution in [0.15, 0.2) is 29.6 Å². The van der Waals surface area contributed by atoms with Crippen LogP contribution in [0.2, 0.25) is 0 Å². The van der Waals surface area contributed by atoms with Crippen molar-refractivity contribution in [1.29, 1.82) is 0 Å². The molecule has 0 atom stereocenters. The lowest BCUT2D eigenvalue weighted by molar-refractivity contribution is 0.0923. The number of amides is 1. The summed E-state index contributed by atoms with van der Waals surface area (Å²) >= 11 is 1.64. The molecular formula is C22H33ClN6OS. The van der Waals surface area contributed by atoms with E-state index in [1.54, 1.807) is 18.0 Å². The fourth-order valence-corrected chi connectivity index (χ4v) is 4.51. The Morgan fingerprint density at radius 1 is 1.19 bits per heavy atom. The zero-order valence-corrected chi connectivity index (χ0v) is 20.4. The summed E-state index contributed by atoms with van der Waals surface area (Å²) < 4.78 is 0. The average Bonchev–Trinajstić information content (AvgIpc) is 2.75. The zero-order valence-electron chi connectivity index (χ0n) is 18.7. The summed E-state index contributed by atoms with van der Waals surface area (Å²) in [6.07, 6.45) is 8.49. The van der Waals surface area contributed by atoms with Gasteiger partial charge >= 0.3 is 0 Å². The highest BCUT2D eigenvalue weighted by Gasteiger charge is 2.24. The van der Waals surface area contributed by atoms with Gasteiger partial charge in [0.15, 0.2) is 0 Å². The van der Waals surface area contributed by atoms with E-state index in [2.05, 4.69) is 32.5 Å². The molecule has 3 rings (SSSR count). The monoisotopic (exact) mass is 464 g/mol. The van der Waals surface area contributed by atoms with Gasteiger partial charge in [-0.15, -0.1) is 24.2 Å². The number of rotatable bonds is 8. The molecule has 2 aromatic heterocycles. The maximum atomic E-state index is 12.8. The number of anilines is 2. The first-order valence-corrected chi connectivity index (χ1v) is 11.6. The van der Waals surface area contributed by atoms with Crippen molar-refractivity contribution in [3.8, 4) is 0 Å². The second-order valence-corrected chi connectivity index (χ2v) is 9.05. The maximum absolute atomic E-state index is 12.8. The zero-order chi connectivity index (χ0) is 21.5. The molecule has 0 radical (unpaired) electrons. The van der Waals surface area contributed by atoms with Crippen molar-refractivity contribution in [2.45, 2.75) is 63.1 Å². The van der Waals surface area contributed by atoms with Gasteiger partial charge in [0.05, 0.1) is 5.56 Å². The van der Waals surface area contributed by atoms with E-state index in [-0.39, 0.29) is 24.4 Å².